The van der Waals surface area contributed by atoms with Crippen LogP contribution in [0, 0.1) is 0 Å². The van der Waals surface area contributed by atoms with E-state index < -0.39 is 6.10 Å². The molecule has 1 rings (SSSR count). The molecule has 0 heterocycles. The van der Waals surface area contributed by atoms with Gasteiger partial charge in [-0.3, -0.25) is 4.79 Å². The molecular formula is C14H21NO3. The minimum atomic E-state index is -0.700. The summed E-state index contributed by atoms with van der Waals surface area (Å²) in [5.41, 5.74) is 0.798. The Bertz CT molecular complexity index is 367. The minimum absolute atomic E-state index is 0.00913. The van der Waals surface area contributed by atoms with Crippen LogP contribution in [0.3, 0.4) is 0 Å². The number of benzene rings is 1. The predicted molar refractivity (Wildman–Crippen MR) is 70.0 cm³/mol. The Labute approximate surface area is 108 Å². The van der Waals surface area contributed by atoms with Gasteiger partial charge in [0.2, 0.25) is 5.91 Å². The first kappa shape index (κ1) is 14.7. The number of hydrogen-bond donors (Lipinski definition) is 2. The summed E-state index contributed by atoms with van der Waals surface area (Å²) in [5, 5.41) is 18.9. The van der Waals surface area contributed by atoms with Crippen molar-refractivity contribution < 1.29 is 15.0 Å². The highest BCUT2D eigenvalue weighted by Gasteiger charge is 2.23. The Balaban J connectivity index is 2.63. The second kappa shape index (κ2) is 7.13. The van der Waals surface area contributed by atoms with Crippen LogP contribution in [0.1, 0.15) is 31.4 Å². The van der Waals surface area contributed by atoms with Crippen molar-refractivity contribution in [3.8, 4) is 0 Å². The molecule has 0 aliphatic carbocycles. The molecule has 0 saturated heterocycles. The molecule has 0 unspecified atom stereocenters. The van der Waals surface area contributed by atoms with Crippen LogP contribution in [0.2, 0.25) is 0 Å². The van der Waals surface area contributed by atoms with Crippen LogP contribution < -0.4 is 0 Å². The topological polar surface area (TPSA) is 60.8 Å². The SMILES string of the molecule is C[C@@H]([C@@H](O)c1ccccc1)N(C)C(=O)CCCO. The van der Waals surface area contributed by atoms with Crippen LogP contribution >= 0.6 is 0 Å². The van der Waals surface area contributed by atoms with Crippen LogP contribution in [0.5, 0.6) is 0 Å². The van der Waals surface area contributed by atoms with E-state index in [-0.39, 0.29) is 18.6 Å². The van der Waals surface area contributed by atoms with Gasteiger partial charge in [0.15, 0.2) is 0 Å². The highest BCUT2D eigenvalue weighted by atomic mass is 16.3. The molecule has 2 N–H and O–H groups in total. The zero-order valence-corrected chi connectivity index (χ0v) is 10.9. The number of aliphatic hydroxyl groups is 2. The first-order valence-electron chi connectivity index (χ1n) is 6.17. The van der Waals surface area contributed by atoms with E-state index in [4.69, 9.17) is 5.11 Å². The molecule has 0 fully saturated rings. The zero-order valence-electron chi connectivity index (χ0n) is 10.9. The van der Waals surface area contributed by atoms with Gasteiger partial charge in [-0.1, -0.05) is 30.3 Å². The van der Waals surface area contributed by atoms with Gasteiger partial charge < -0.3 is 15.1 Å². The molecule has 0 saturated carbocycles. The standard InChI is InChI=1S/C14H21NO3/c1-11(15(2)13(17)9-6-10-16)14(18)12-7-4-3-5-8-12/h3-5,7-8,11,14,16,18H,6,9-10H2,1-2H3/t11-,14+/m0/s1. The van der Waals surface area contributed by atoms with Gasteiger partial charge in [0, 0.05) is 20.1 Å². The molecule has 4 heteroatoms. The zero-order chi connectivity index (χ0) is 13.5. The number of likely N-dealkylation sites (N-methyl/N-ethyl adjacent to an activating group) is 1. The smallest absolute Gasteiger partial charge is 0.222 e. The Kier molecular flexibility index (Phi) is 5.82. The maximum absolute atomic E-state index is 11.8. The Hall–Kier alpha value is -1.39. The second-order valence-corrected chi connectivity index (χ2v) is 4.43. The number of hydrogen-bond acceptors (Lipinski definition) is 3. The third-order valence-electron chi connectivity index (χ3n) is 3.15. The molecule has 0 spiro atoms. The summed E-state index contributed by atoms with van der Waals surface area (Å²) in [6.45, 7) is 1.82. The van der Waals surface area contributed by atoms with Crippen molar-refractivity contribution >= 4 is 5.91 Å². The van der Waals surface area contributed by atoms with Crippen LogP contribution in [-0.4, -0.2) is 40.7 Å². The number of carbonyl (C=O) groups excluding carboxylic acids is 1. The lowest BCUT2D eigenvalue weighted by Gasteiger charge is -2.29. The molecular weight excluding hydrogens is 230 g/mol. The van der Waals surface area contributed by atoms with E-state index in [0.29, 0.717) is 12.8 Å². The number of carbonyl (C=O) groups is 1. The molecule has 2 atom stereocenters. The highest BCUT2D eigenvalue weighted by molar-refractivity contribution is 5.76. The van der Waals surface area contributed by atoms with Gasteiger partial charge in [-0.05, 0) is 18.9 Å². The van der Waals surface area contributed by atoms with Gasteiger partial charge >= 0.3 is 0 Å². The Morgan fingerprint density at radius 3 is 2.50 bits per heavy atom. The van der Waals surface area contributed by atoms with E-state index in [1.807, 2.05) is 37.3 Å². The highest BCUT2D eigenvalue weighted by Crippen LogP contribution is 2.20. The number of aliphatic hydroxyl groups excluding tert-OH is 2. The normalized spacial score (nSPS) is 14.0. The Morgan fingerprint density at radius 2 is 1.94 bits per heavy atom. The third-order valence-corrected chi connectivity index (χ3v) is 3.15. The molecule has 0 bridgehead atoms. The van der Waals surface area contributed by atoms with Crippen LogP contribution in [-0.2, 0) is 4.79 Å². The first-order valence-corrected chi connectivity index (χ1v) is 6.17. The third kappa shape index (κ3) is 3.82. The molecule has 0 aliphatic rings. The lowest BCUT2D eigenvalue weighted by atomic mass is 10.0. The number of rotatable bonds is 6. The van der Waals surface area contributed by atoms with Crippen molar-refractivity contribution in [2.45, 2.75) is 31.9 Å². The molecule has 1 aromatic rings. The molecule has 1 aromatic carbocycles. The predicted octanol–water partition coefficient (Wildman–Crippen LogP) is 1.34. The van der Waals surface area contributed by atoms with Crippen LogP contribution in [0.4, 0.5) is 0 Å². The van der Waals surface area contributed by atoms with E-state index in [1.54, 1.807) is 7.05 Å². The minimum Gasteiger partial charge on any atom is -0.396 e. The summed E-state index contributed by atoms with van der Waals surface area (Å²) in [6.07, 6.45) is 0.0604. The second-order valence-electron chi connectivity index (χ2n) is 4.43. The lowest BCUT2D eigenvalue weighted by Crippen LogP contribution is -2.39. The fourth-order valence-corrected chi connectivity index (χ4v) is 1.77. The van der Waals surface area contributed by atoms with Gasteiger partial charge in [0.1, 0.15) is 0 Å². The van der Waals surface area contributed by atoms with Gasteiger partial charge in [-0.15, -0.1) is 0 Å². The summed E-state index contributed by atoms with van der Waals surface area (Å²) < 4.78 is 0. The fourth-order valence-electron chi connectivity index (χ4n) is 1.77. The van der Waals surface area contributed by atoms with Crippen LogP contribution in [0.15, 0.2) is 30.3 Å². The van der Waals surface area contributed by atoms with Crippen molar-refractivity contribution in [3.05, 3.63) is 35.9 Å². The summed E-state index contributed by atoms with van der Waals surface area (Å²) in [4.78, 5) is 13.3. The maximum atomic E-state index is 11.8. The van der Waals surface area contributed by atoms with Gasteiger partial charge in [0.05, 0.1) is 12.1 Å². The molecule has 0 aromatic heterocycles. The van der Waals surface area contributed by atoms with E-state index in [0.717, 1.165) is 5.56 Å². The van der Waals surface area contributed by atoms with Crippen molar-refractivity contribution in [2.24, 2.45) is 0 Å². The quantitative estimate of drug-likeness (QED) is 0.802. The lowest BCUT2D eigenvalue weighted by molar-refractivity contribution is -0.134. The summed E-state index contributed by atoms with van der Waals surface area (Å²) in [6, 6.07) is 8.99. The van der Waals surface area contributed by atoms with Gasteiger partial charge in [0.25, 0.3) is 0 Å². The van der Waals surface area contributed by atoms with Crippen molar-refractivity contribution in [1.82, 2.24) is 4.90 Å². The molecule has 100 valence electrons. The van der Waals surface area contributed by atoms with Crippen molar-refractivity contribution in [1.29, 1.82) is 0 Å². The van der Waals surface area contributed by atoms with E-state index in [2.05, 4.69) is 0 Å². The van der Waals surface area contributed by atoms with Gasteiger partial charge in [-0.25, -0.2) is 0 Å². The molecule has 4 nitrogen and oxygen atoms in total. The van der Waals surface area contributed by atoms with E-state index in [1.165, 1.54) is 4.90 Å². The van der Waals surface area contributed by atoms with E-state index >= 15 is 0 Å². The average Bonchev–Trinajstić information content (AvgIpc) is 2.43. The molecule has 1 amide bonds. The van der Waals surface area contributed by atoms with Crippen molar-refractivity contribution in [2.75, 3.05) is 13.7 Å². The largest absolute Gasteiger partial charge is 0.396 e. The summed E-state index contributed by atoms with van der Waals surface area (Å²) in [7, 11) is 1.68. The molecule has 0 radical (unpaired) electrons. The van der Waals surface area contributed by atoms with Gasteiger partial charge in [-0.2, -0.15) is 0 Å². The Morgan fingerprint density at radius 1 is 1.33 bits per heavy atom. The monoisotopic (exact) mass is 251 g/mol. The maximum Gasteiger partial charge on any atom is 0.222 e. The van der Waals surface area contributed by atoms with E-state index in [9.17, 15) is 9.90 Å². The molecule has 0 aliphatic heterocycles. The number of amides is 1. The fraction of sp³-hybridized carbons (Fsp3) is 0.500. The summed E-state index contributed by atoms with van der Waals surface area (Å²) in [5.74, 6) is -0.0634. The van der Waals surface area contributed by atoms with Crippen molar-refractivity contribution in [3.63, 3.8) is 0 Å². The van der Waals surface area contributed by atoms with Crippen LogP contribution in [0.25, 0.3) is 0 Å². The first-order chi connectivity index (χ1) is 8.57. The summed E-state index contributed by atoms with van der Waals surface area (Å²) >= 11 is 0. The molecule has 18 heavy (non-hydrogen) atoms. The number of nitrogens with zero attached hydrogens (tertiary/aromatic N) is 1. The average molecular weight is 251 g/mol.